The molecule has 124 valence electrons. The zero-order valence-electron chi connectivity index (χ0n) is 14.0. The van der Waals surface area contributed by atoms with Gasteiger partial charge in [-0.05, 0) is 55.5 Å². The molecule has 1 unspecified atom stereocenters. The minimum Gasteiger partial charge on any atom is -0.508 e. The number of phenolic OH excluding ortho intramolecular Hbond substituents is 1. The lowest BCUT2D eigenvalue weighted by molar-refractivity contribution is 0.0449. The summed E-state index contributed by atoms with van der Waals surface area (Å²) in [5, 5.41) is 9.34. The van der Waals surface area contributed by atoms with E-state index in [4.69, 9.17) is 9.47 Å². The Morgan fingerprint density at radius 3 is 2.13 bits per heavy atom. The van der Waals surface area contributed by atoms with Crippen LogP contribution in [0.2, 0.25) is 0 Å². The van der Waals surface area contributed by atoms with Crippen molar-refractivity contribution in [1.82, 2.24) is 0 Å². The van der Waals surface area contributed by atoms with Gasteiger partial charge in [-0.15, -0.1) is 0 Å². The van der Waals surface area contributed by atoms with Crippen molar-refractivity contribution in [1.29, 1.82) is 0 Å². The Morgan fingerprint density at radius 1 is 0.913 bits per heavy atom. The van der Waals surface area contributed by atoms with E-state index in [1.807, 2.05) is 19.1 Å². The number of hydrogen-bond donors (Lipinski definition) is 1. The predicted molar refractivity (Wildman–Crippen MR) is 93.8 cm³/mol. The van der Waals surface area contributed by atoms with Crippen LogP contribution in [-0.4, -0.2) is 31.0 Å². The summed E-state index contributed by atoms with van der Waals surface area (Å²) in [6.45, 7) is 6.39. The number of benzene rings is 2. The molecule has 1 atom stereocenters. The van der Waals surface area contributed by atoms with Crippen LogP contribution in [0.25, 0.3) is 11.1 Å². The van der Waals surface area contributed by atoms with Gasteiger partial charge in [0.05, 0.1) is 6.10 Å². The standard InChI is InChI=1S/C20H26O3/c1-3-22-13-4-14-23-16(2)15-17-5-7-18(8-6-17)19-9-11-20(21)12-10-19/h5-12,16,21H,3-4,13-15H2,1-2H3. The quantitative estimate of drug-likeness (QED) is 0.696. The molecule has 0 saturated carbocycles. The number of hydrogen-bond acceptors (Lipinski definition) is 3. The van der Waals surface area contributed by atoms with Crippen LogP contribution in [0.4, 0.5) is 0 Å². The molecule has 0 radical (unpaired) electrons. The van der Waals surface area contributed by atoms with Gasteiger partial charge in [0.1, 0.15) is 5.75 Å². The van der Waals surface area contributed by atoms with Gasteiger partial charge in [0, 0.05) is 19.8 Å². The molecule has 0 aliphatic heterocycles. The van der Waals surface area contributed by atoms with Gasteiger partial charge in [0.25, 0.3) is 0 Å². The minimum absolute atomic E-state index is 0.205. The summed E-state index contributed by atoms with van der Waals surface area (Å²) in [7, 11) is 0. The Morgan fingerprint density at radius 2 is 1.52 bits per heavy atom. The van der Waals surface area contributed by atoms with Crippen molar-refractivity contribution in [3.63, 3.8) is 0 Å². The predicted octanol–water partition coefficient (Wildman–Crippen LogP) is 4.43. The molecule has 0 bridgehead atoms. The molecule has 3 nitrogen and oxygen atoms in total. The van der Waals surface area contributed by atoms with Crippen LogP contribution in [0.1, 0.15) is 25.8 Å². The Hall–Kier alpha value is -1.84. The Kier molecular flexibility index (Phi) is 7.11. The summed E-state index contributed by atoms with van der Waals surface area (Å²) >= 11 is 0. The molecule has 0 heterocycles. The van der Waals surface area contributed by atoms with Gasteiger partial charge in [-0.25, -0.2) is 0 Å². The summed E-state index contributed by atoms with van der Waals surface area (Å²) in [6.07, 6.45) is 2.05. The van der Waals surface area contributed by atoms with E-state index in [1.165, 1.54) is 5.56 Å². The summed E-state index contributed by atoms with van der Waals surface area (Å²) in [5.74, 6) is 0.292. The topological polar surface area (TPSA) is 38.7 Å². The Balaban J connectivity index is 1.81. The first-order valence-electron chi connectivity index (χ1n) is 8.26. The fourth-order valence-electron chi connectivity index (χ4n) is 2.47. The average Bonchev–Trinajstić information content (AvgIpc) is 2.56. The highest BCUT2D eigenvalue weighted by molar-refractivity contribution is 5.64. The maximum Gasteiger partial charge on any atom is 0.115 e. The van der Waals surface area contributed by atoms with Crippen molar-refractivity contribution in [2.45, 2.75) is 32.8 Å². The number of rotatable bonds is 9. The lowest BCUT2D eigenvalue weighted by Crippen LogP contribution is -2.13. The summed E-state index contributed by atoms with van der Waals surface area (Å²) in [5.41, 5.74) is 3.53. The molecule has 2 rings (SSSR count). The lowest BCUT2D eigenvalue weighted by atomic mass is 10.0. The molecule has 23 heavy (non-hydrogen) atoms. The Bertz CT molecular complexity index is 560. The van der Waals surface area contributed by atoms with E-state index in [0.29, 0.717) is 5.75 Å². The molecule has 0 aromatic heterocycles. The van der Waals surface area contributed by atoms with Crippen LogP contribution >= 0.6 is 0 Å². The average molecular weight is 314 g/mol. The summed E-state index contributed by atoms with van der Waals surface area (Å²) in [4.78, 5) is 0. The van der Waals surface area contributed by atoms with Gasteiger partial charge in [-0.2, -0.15) is 0 Å². The molecule has 2 aromatic rings. The van der Waals surface area contributed by atoms with Crippen molar-refractivity contribution in [2.24, 2.45) is 0 Å². The van der Waals surface area contributed by atoms with Crippen LogP contribution in [0, 0.1) is 0 Å². The van der Waals surface area contributed by atoms with Crippen molar-refractivity contribution >= 4 is 0 Å². The molecule has 0 amide bonds. The molecule has 0 aliphatic carbocycles. The molecule has 0 fully saturated rings. The van der Waals surface area contributed by atoms with Crippen LogP contribution in [0.3, 0.4) is 0 Å². The third kappa shape index (κ3) is 6.05. The van der Waals surface area contributed by atoms with Crippen molar-refractivity contribution in [3.05, 3.63) is 54.1 Å². The van der Waals surface area contributed by atoms with E-state index < -0.39 is 0 Å². The largest absolute Gasteiger partial charge is 0.508 e. The third-order valence-corrected chi connectivity index (χ3v) is 3.72. The molecule has 2 aromatic carbocycles. The Labute approximate surface area is 138 Å². The van der Waals surface area contributed by atoms with E-state index >= 15 is 0 Å². The van der Waals surface area contributed by atoms with Gasteiger partial charge < -0.3 is 14.6 Å². The highest BCUT2D eigenvalue weighted by Crippen LogP contribution is 2.22. The van der Waals surface area contributed by atoms with Gasteiger partial charge in [-0.3, -0.25) is 0 Å². The van der Waals surface area contributed by atoms with E-state index in [0.717, 1.165) is 43.8 Å². The van der Waals surface area contributed by atoms with Crippen LogP contribution in [0.15, 0.2) is 48.5 Å². The summed E-state index contributed by atoms with van der Waals surface area (Å²) in [6, 6.07) is 15.8. The second-order valence-corrected chi connectivity index (χ2v) is 5.68. The zero-order valence-corrected chi connectivity index (χ0v) is 14.0. The molecule has 1 N–H and O–H groups in total. The van der Waals surface area contributed by atoms with Gasteiger partial charge in [0.15, 0.2) is 0 Å². The molecule has 3 heteroatoms. The second kappa shape index (κ2) is 9.33. The monoisotopic (exact) mass is 314 g/mol. The zero-order chi connectivity index (χ0) is 16.5. The smallest absolute Gasteiger partial charge is 0.115 e. The number of phenols is 1. The maximum atomic E-state index is 9.34. The molecular formula is C20H26O3. The van der Waals surface area contributed by atoms with E-state index in [9.17, 15) is 5.11 Å². The number of aromatic hydroxyl groups is 1. The van der Waals surface area contributed by atoms with Crippen molar-refractivity contribution in [2.75, 3.05) is 19.8 Å². The van der Waals surface area contributed by atoms with E-state index in [1.54, 1.807) is 12.1 Å². The van der Waals surface area contributed by atoms with E-state index in [-0.39, 0.29) is 6.10 Å². The van der Waals surface area contributed by atoms with Crippen LogP contribution < -0.4 is 0 Å². The van der Waals surface area contributed by atoms with Crippen molar-refractivity contribution in [3.8, 4) is 16.9 Å². The summed E-state index contributed by atoms with van der Waals surface area (Å²) < 4.78 is 11.1. The maximum absolute atomic E-state index is 9.34. The van der Waals surface area contributed by atoms with Crippen LogP contribution in [0.5, 0.6) is 5.75 Å². The van der Waals surface area contributed by atoms with Gasteiger partial charge >= 0.3 is 0 Å². The fraction of sp³-hybridized carbons (Fsp3) is 0.400. The SMILES string of the molecule is CCOCCCOC(C)Cc1ccc(-c2ccc(O)cc2)cc1. The van der Waals surface area contributed by atoms with Crippen LogP contribution in [-0.2, 0) is 15.9 Å². The molecule has 0 spiro atoms. The molecule has 0 aliphatic rings. The highest BCUT2D eigenvalue weighted by atomic mass is 16.5. The first-order chi connectivity index (χ1) is 11.2. The number of ether oxygens (including phenoxy) is 2. The second-order valence-electron chi connectivity index (χ2n) is 5.68. The highest BCUT2D eigenvalue weighted by Gasteiger charge is 2.05. The lowest BCUT2D eigenvalue weighted by Gasteiger charge is -2.13. The van der Waals surface area contributed by atoms with E-state index in [2.05, 4.69) is 31.2 Å². The van der Waals surface area contributed by atoms with Gasteiger partial charge in [-0.1, -0.05) is 36.4 Å². The van der Waals surface area contributed by atoms with Crippen molar-refractivity contribution < 1.29 is 14.6 Å². The molecular weight excluding hydrogens is 288 g/mol. The minimum atomic E-state index is 0.205. The fourth-order valence-corrected chi connectivity index (χ4v) is 2.47. The first kappa shape index (κ1) is 17.5. The first-order valence-corrected chi connectivity index (χ1v) is 8.26. The van der Waals surface area contributed by atoms with Gasteiger partial charge in [0.2, 0.25) is 0 Å². The third-order valence-electron chi connectivity index (χ3n) is 3.72. The normalized spacial score (nSPS) is 12.3. The molecule has 0 saturated heterocycles.